The Morgan fingerprint density at radius 2 is 1.85 bits per heavy atom. The molecule has 2 fully saturated rings. The van der Waals surface area contributed by atoms with Gasteiger partial charge in [-0.15, -0.1) is 0 Å². The van der Waals surface area contributed by atoms with Gasteiger partial charge in [-0.1, -0.05) is 31.7 Å². The third-order valence-electron chi connectivity index (χ3n) is 5.69. The number of hydrogen-bond donors (Lipinski definition) is 1. The molecular formula is C18H26FN. The first-order valence-corrected chi connectivity index (χ1v) is 8.17. The molecule has 2 N–H and O–H groups in total. The van der Waals surface area contributed by atoms with Crippen LogP contribution in [0.15, 0.2) is 18.2 Å². The SMILES string of the molecule is Cc1ccc(F)cc1C(N)C1CCC2CCCCC2C1. The topological polar surface area (TPSA) is 26.0 Å². The second-order valence-electron chi connectivity index (χ2n) is 6.90. The third-order valence-corrected chi connectivity index (χ3v) is 5.69. The number of aryl methyl sites for hydroxylation is 1. The molecule has 0 aromatic heterocycles. The van der Waals surface area contributed by atoms with E-state index < -0.39 is 0 Å². The standard InChI is InChI=1S/C18H26FN/c1-12-6-9-16(19)11-17(12)18(20)15-8-7-13-4-2-3-5-14(13)10-15/h6,9,11,13-15,18H,2-5,7-8,10,20H2,1H3. The second-order valence-corrected chi connectivity index (χ2v) is 6.90. The van der Waals surface area contributed by atoms with Crippen molar-refractivity contribution in [1.82, 2.24) is 0 Å². The first kappa shape index (κ1) is 14.1. The zero-order valence-electron chi connectivity index (χ0n) is 12.4. The summed E-state index contributed by atoms with van der Waals surface area (Å²) >= 11 is 0. The van der Waals surface area contributed by atoms with Gasteiger partial charge in [0.15, 0.2) is 0 Å². The van der Waals surface area contributed by atoms with Crippen LogP contribution in [0.5, 0.6) is 0 Å². The maximum absolute atomic E-state index is 13.5. The maximum atomic E-state index is 13.5. The summed E-state index contributed by atoms with van der Waals surface area (Å²) in [5.74, 6) is 2.20. The number of rotatable bonds is 2. The fourth-order valence-corrected chi connectivity index (χ4v) is 4.46. The minimum absolute atomic E-state index is 0.00794. The van der Waals surface area contributed by atoms with Crippen LogP contribution in [0.2, 0.25) is 0 Å². The van der Waals surface area contributed by atoms with Crippen LogP contribution in [0.3, 0.4) is 0 Å². The predicted octanol–water partition coefficient (Wildman–Crippen LogP) is 4.74. The smallest absolute Gasteiger partial charge is 0.123 e. The van der Waals surface area contributed by atoms with E-state index in [4.69, 9.17) is 5.73 Å². The van der Waals surface area contributed by atoms with Crippen molar-refractivity contribution in [3.05, 3.63) is 35.1 Å². The van der Waals surface area contributed by atoms with Crippen LogP contribution in [0.25, 0.3) is 0 Å². The lowest BCUT2D eigenvalue weighted by Gasteiger charge is -2.41. The quantitative estimate of drug-likeness (QED) is 0.829. The van der Waals surface area contributed by atoms with Gasteiger partial charge < -0.3 is 5.73 Å². The van der Waals surface area contributed by atoms with Crippen molar-refractivity contribution < 1.29 is 4.39 Å². The van der Waals surface area contributed by atoms with E-state index in [2.05, 4.69) is 0 Å². The van der Waals surface area contributed by atoms with Crippen LogP contribution in [-0.2, 0) is 0 Å². The molecule has 1 aromatic rings. The molecule has 1 nitrogen and oxygen atoms in total. The average Bonchev–Trinajstić information content (AvgIpc) is 2.48. The predicted molar refractivity (Wildman–Crippen MR) is 80.9 cm³/mol. The van der Waals surface area contributed by atoms with Crippen molar-refractivity contribution in [2.45, 2.75) is 57.9 Å². The van der Waals surface area contributed by atoms with Crippen LogP contribution in [0.4, 0.5) is 4.39 Å². The Bertz CT molecular complexity index is 470. The van der Waals surface area contributed by atoms with E-state index in [1.807, 2.05) is 13.0 Å². The molecular weight excluding hydrogens is 249 g/mol. The van der Waals surface area contributed by atoms with Crippen molar-refractivity contribution >= 4 is 0 Å². The Morgan fingerprint density at radius 1 is 1.10 bits per heavy atom. The highest BCUT2D eigenvalue weighted by molar-refractivity contribution is 5.30. The van der Waals surface area contributed by atoms with Gasteiger partial charge in [0, 0.05) is 6.04 Å². The number of benzene rings is 1. The van der Waals surface area contributed by atoms with Gasteiger partial charge in [-0.25, -0.2) is 4.39 Å². The Kier molecular flexibility index (Phi) is 4.11. The monoisotopic (exact) mass is 275 g/mol. The van der Waals surface area contributed by atoms with Gasteiger partial charge in [0.2, 0.25) is 0 Å². The molecule has 0 radical (unpaired) electrons. The van der Waals surface area contributed by atoms with Crippen LogP contribution in [-0.4, -0.2) is 0 Å². The molecule has 110 valence electrons. The van der Waals surface area contributed by atoms with E-state index in [9.17, 15) is 4.39 Å². The molecule has 0 saturated heterocycles. The van der Waals surface area contributed by atoms with Crippen LogP contribution >= 0.6 is 0 Å². The molecule has 2 saturated carbocycles. The summed E-state index contributed by atoms with van der Waals surface area (Å²) in [5, 5.41) is 0. The lowest BCUT2D eigenvalue weighted by Crippen LogP contribution is -2.33. The lowest BCUT2D eigenvalue weighted by molar-refractivity contribution is 0.117. The Labute approximate surface area is 121 Å². The highest BCUT2D eigenvalue weighted by atomic mass is 19.1. The lowest BCUT2D eigenvalue weighted by atomic mass is 9.65. The summed E-state index contributed by atoms with van der Waals surface area (Å²) in [7, 11) is 0. The van der Waals surface area contributed by atoms with Gasteiger partial charge in [-0.3, -0.25) is 0 Å². The molecule has 0 bridgehead atoms. The molecule has 0 heterocycles. The molecule has 2 aliphatic carbocycles. The van der Waals surface area contributed by atoms with Crippen LogP contribution < -0.4 is 5.73 Å². The van der Waals surface area contributed by atoms with Gasteiger partial charge in [0.1, 0.15) is 5.82 Å². The second kappa shape index (κ2) is 5.85. The van der Waals surface area contributed by atoms with Gasteiger partial charge in [-0.05, 0) is 67.2 Å². The molecule has 3 rings (SSSR count). The summed E-state index contributed by atoms with van der Waals surface area (Å²) < 4.78 is 13.5. The molecule has 0 aliphatic heterocycles. The van der Waals surface area contributed by atoms with Gasteiger partial charge in [0.05, 0.1) is 0 Å². The third kappa shape index (κ3) is 2.76. The van der Waals surface area contributed by atoms with E-state index in [-0.39, 0.29) is 11.9 Å². The molecule has 2 heteroatoms. The molecule has 1 aromatic carbocycles. The van der Waals surface area contributed by atoms with Gasteiger partial charge in [0.25, 0.3) is 0 Å². The molecule has 0 amide bonds. The highest BCUT2D eigenvalue weighted by Gasteiger charge is 2.35. The van der Waals surface area contributed by atoms with Crippen molar-refractivity contribution in [3.63, 3.8) is 0 Å². The number of nitrogens with two attached hydrogens (primary N) is 1. The number of hydrogen-bond acceptors (Lipinski definition) is 1. The number of fused-ring (bicyclic) bond motifs is 1. The molecule has 4 atom stereocenters. The van der Waals surface area contributed by atoms with Crippen molar-refractivity contribution in [2.24, 2.45) is 23.5 Å². The average molecular weight is 275 g/mol. The fourth-order valence-electron chi connectivity index (χ4n) is 4.46. The maximum Gasteiger partial charge on any atom is 0.123 e. The van der Waals surface area contributed by atoms with E-state index >= 15 is 0 Å². The fraction of sp³-hybridized carbons (Fsp3) is 0.667. The summed E-state index contributed by atoms with van der Waals surface area (Å²) in [6, 6.07) is 5.04. The Hall–Kier alpha value is -0.890. The van der Waals surface area contributed by atoms with Crippen molar-refractivity contribution in [1.29, 1.82) is 0 Å². The zero-order valence-corrected chi connectivity index (χ0v) is 12.4. The van der Waals surface area contributed by atoms with Crippen LogP contribution in [0.1, 0.15) is 62.1 Å². The zero-order chi connectivity index (χ0) is 14.1. The number of halogens is 1. The highest BCUT2D eigenvalue weighted by Crippen LogP contribution is 2.45. The van der Waals surface area contributed by atoms with Gasteiger partial charge in [-0.2, -0.15) is 0 Å². The molecule has 2 aliphatic rings. The minimum atomic E-state index is -0.160. The van der Waals surface area contributed by atoms with E-state index in [0.29, 0.717) is 5.92 Å². The largest absolute Gasteiger partial charge is 0.324 e. The minimum Gasteiger partial charge on any atom is -0.324 e. The van der Waals surface area contributed by atoms with E-state index in [1.54, 1.807) is 6.07 Å². The molecule has 20 heavy (non-hydrogen) atoms. The first-order chi connectivity index (χ1) is 9.65. The molecule has 0 spiro atoms. The Morgan fingerprint density at radius 3 is 2.65 bits per heavy atom. The van der Waals surface area contributed by atoms with E-state index in [1.165, 1.54) is 51.0 Å². The summed E-state index contributed by atoms with van der Waals surface area (Å²) in [5.41, 5.74) is 8.64. The summed E-state index contributed by atoms with van der Waals surface area (Å²) in [6.45, 7) is 2.04. The normalized spacial score (nSPS) is 31.6. The summed E-state index contributed by atoms with van der Waals surface area (Å²) in [4.78, 5) is 0. The van der Waals surface area contributed by atoms with Crippen molar-refractivity contribution in [3.8, 4) is 0 Å². The summed E-state index contributed by atoms with van der Waals surface area (Å²) in [6.07, 6.45) is 9.42. The van der Waals surface area contributed by atoms with Gasteiger partial charge >= 0.3 is 0 Å². The van der Waals surface area contributed by atoms with Crippen LogP contribution in [0, 0.1) is 30.5 Å². The van der Waals surface area contributed by atoms with E-state index in [0.717, 1.165) is 23.0 Å². The van der Waals surface area contributed by atoms with Crippen molar-refractivity contribution in [2.75, 3.05) is 0 Å². The first-order valence-electron chi connectivity index (χ1n) is 8.17. The Balaban J connectivity index is 1.74. The molecule has 4 unspecified atom stereocenters.